The van der Waals surface area contributed by atoms with Crippen LogP contribution in [0, 0.1) is 0 Å². The number of ether oxygens (including phenoxy) is 1. The van der Waals surface area contributed by atoms with Crippen molar-refractivity contribution in [3.8, 4) is 11.1 Å². The molecule has 0 saturated carbocycles. The van der Waals surface area contributed by atoms with E-state index < -0.39 is 65.9 Å². The van der Waals surface area contributed by atoms with E-state index in [1.807, 2.05) is 48.5 Å². The van der Waals surface area contributed by atoms with Gasteiger partial charge in [-0.15, -0.1) is 4.33 Å². The number of rotatable bonds is 13. The maximum absolute atomic E-state index is 13.8. The number of hydrogen-bond acceptors (Lipinski definition) is 13. The first kappa shape index (κ1) is 39.8. The largest absolute Gasteiger partial charge is 0.449 e. The third kappa shape index (κ3) is 7.55. The Balaban J connectivity index is 1.01. The summed E-state index contributed by atoms with van der Waals surface area (Å²) in [5.41, 5.74) is 9.27. The number of benzene rings is 5. The second-order valence-corrected chi connectivity index (χ2v) is 17.0. The van der Waals surface area contributed by atoms with Crippen LogP contribution in [0.4, 0.5) is 21.9 Å². The van der Waals surface area contributed by atoms with Crippen LogP contribution < -0.4 is 21.7 Å². The Bertz CT molecular complexity index is 2690. The van der Waals surface area contributed by atoms with E-state index in [0.29, 0.717) is 0 Å². The fourth-order valence-corrected chi connectivity index (χ4v) is 9.20. The van der Waals surface area contributed by atoms with Gasteiger partial charge < -0.3 is 26.4 Å². The lowest BCUT2D eigenvalue weighted by Gasteiger charge is -2.24. The summed E-state index contributed by atoms with van der Waals surface area (Å²) in [6.45, 7) is 1.18. The average molecular weight is 825 g/mol. The minimum atomic E-state index is -4.71. The van der Waals surface area contributed by atoms with Crippen molar-refractivity contribution in [2.75, 3.05) is 37.1 Å². The van der Waals surface area contributed by atoms with Crippen LogP contribution >= 0.6 is 0 Å². The van der Waals surface area contributed by atoms with Gasteiger partial charge in [0.05, 0.1) is 40.3 Å². The van der Waals surface area contributed by atoms with Gasteiger partial charge >= 0.3 is 16.2 Å². The summed E-state index contributed by atoms with van der Waals surface area (Å²) in [5.74, 6) is -2.68. The molecule has 1 atom stereocenters. The summed E-state index contributed by atoms with van der Waals surface area (Å²) in [4.78, 5) is 56.5. The van der Waals surface area contributed by atoms with Crippen LogP contribution in [0.25, 0.3) is 11.1 Å². The molecule has 7 rings (SSSR count). The summed E-state index contributed by atoms with van der Waals surface area (Å²) in [7, 11) is -7.80. The number of alkyl carbamates (subject to hydrolysis) is 1. The first-order valence-electron chi connectivity index (χ1n) is 17.8. The molecule has 298 valence electrons. The number of sulfone groups is 1. The van der Waals surface area contributed by atoms with Gasteiger partial charge in [0, 0.05) is 29.3 Å². The highest BCUT2D eigenvalue weighted by atomic mass is 32.2. The molecule has 17 heteroatoms. The number of amides is 2. The lowest BCUT2D eigenvalue weighted by molar-refractivity contribution is -0.172. The zero-order chi connectivity index (χ0) is 41.4. The van der Waals surface area contributed by atoms with Crippen LogP contribution in [-0.2, 0) is 38.7 Å². The molecule has 2 amide bonds. The second-order valence-electron chi connectivity index (χ2n) is 13.4. The smallest absolute Gasteiger partial charge is 0.407 e. The van der Waals surface area contributed by atoms with Gasteiger partial charge in [-0.05, 0) is 53.4 Å². The number of carbonyl (C=O) groups is 4. The van der Waals surface area contributed by atoms with E-state index in [4.69, 9.17) is 10.5 Å². The lowest BCUT2D eigenvalue weighted by atomic mass is 9.82. The molecule has 0 fully saturated rings. The summed E-state index contributed by atoms with van der Waals surface area (Å²) in [6.07, 6.45) is -0.810. The number of nitrogen functional groups attached to an aromatic ring is 1. The monoisotopic (exact) mass is 824 g/mol. The maximum Gasteiger partial charge on any atom is 0.407 e. The van der Waals surface area contributed by atoms with Gasteiger partial charge in [0.2, 0.25) is 5.91 Å². The van der Waals surface area contributed by atoms with E-state index in [-0.39, 0.29) is 57.6 Å². The van der Waals surface area contributed by atoms with Crippen molar-refractivity contribution in [1.29, 1.82) is 0 Å². The number of hydrogen-bond donors (Lipinski definition) is 4. The summed E-state index contributed by atoms with van der Waals surface area (Å²) in [5, 5.41) is 7.87. The van der Waals surface area contributed by atoms with Crippen molar-refractivity contribution in [2.45, 2.75) is 28.7 Å². The normalized spacial score (nSPS) is 13.8. The number of fused-ring (bicyclic) bond motifs is 5. The molecule has 5 aromatic carbocycles. The molecule has 15 nitrogen and oxygen atoms in total. The SMILES string of the molecule is COOS(=O)(=O)c1cc(Nc2cccc(S(=O)(=O)CCNC(=O)C(C)NC(=O)OCC3c4ccccc4-c4ccccc43)c2)c2c(c1N)C(=O)c1ccccc1C2=O. The van der Waals surface area contributed by atoms with E-state index in [1.54, 1.807) is 12.1 Å². The number of ketones is 2. The van der Waals surface area contributed by atoms with Gasteiger partial charge in [-0.2, -0.15) is 8.42 Å². The van der Waals surface area contributed by atoms with Crippen molar-refractivity contribution in [3.63, 3.8) is 0 Å². The maximum atomic E-state index is 13.8. The molecule has 2 aliphatic carbocycles. The van der Waals surface area contributed by atoms with Gasteiger partial charge in [-0.3, -0.25) is 14.4 Å². The molecule has 1 unspecified atom stereocenters. The first-order chi connectivity index (χ1) is 27.7. The van der Waals surface area contributed by atoms with Crippen molar-refractivity contribution < 1.29 is 50.0 Å². The van der Waals surface area contributed by atoms with E-state index in [1.165, 1.54) is 43.3 Å². The topological polar surface area (TPSA) is 226 Å². The standard InChI is InChI=1S/C41H36N4O11S2/c1-23(44-41(49)55-22-32-28-14-5-3-12-26(28)27-13-4-6-15-29(27)32)40(48)43-18-19-57(50,51)25-11-9-10-24(20-25)45-33-21-34(58(52,53)56-54-2)37(42)36-35(33)38(46)30-16-7-8-17-31(30)39(36)47/h3-17,20-21,23,32,45H,18-19,22,42H2,1-2H3,(H,43,48)(H,44,49). The highest BCUT2D eigenvalue weighted by molar-refractivity contribution is 7.91. The van der Waals surface area contributed by atoms with E-state index in [2.05, 4.69) is 25.2 Å². The highest BCUT2D eigenvalue weighted by Gasteiger charge is 2.37. The molecule has 0 radical (unpaired) electrons. The highest BCUT2D eigenvalue weighted by Crippen LogP contribution is 2.45. The van der Waals surface area contributed by atoms with Gasteiger partial charge in [0.15, 0.2) is 21.4 Å². The number of nitrogens with one attached hydrogen (secondary N) is 3. The second kappa shape index (κ2) is 15.9. The first-order valence-corrected chi connectivity index (χ1v) is 20.9. The van der Waals surface area contributed by atoms with Crippen LogP contribution in [0.15, 0.2) is 113 Å². The minimum Gasteiger partial charge on any atom is -0.449 e. The summed E-state index contributed by atoms with van der Waals surface area (Å²) in [6, 6.07) is 27.1. The zero-order valence-electron chi connectivity index (χ0n) is 31.0. The Kier molecular flexibility index (Phi) is 10.9. The zero-order valence-corrected chi connectivity index (χ0v) is 32.6. The van der Waals surface area contributed by atoms with Crippen molar-refractivity contribution in [1.82, 2.24) is 10.6 Å². The van der Waals surface area contributed by atoms with Crippen molar-refractivity contribution in [2.24, 2.45) is 0 Å². The molecule has 2 aliphatic rings. The van der Waals surface area contributed by atoms with Crippen molar-refractivity contribution >= 4 is 60.6 Å². The van der Waals surface area contributed by atoms with Crippen LogP contribution in [0.5, 0.6) is 0 Å². The van der Waals surface area contributed by atoms with Crippen LogP contribution in [-0.4, -0.2) is 72.5 Å². The van der Waals surface area contributed by atoms with Gasteiger partial charge in [-0.25, -0.2) is 18.1 Å². The predicted octanol–water partition coefficient (Wildman–Crippen LogP) is 4.87. The lowest BCUT2D eigenvalue weighted by Crippen LogP contribution is -2.46. The molecule has 0 bridgehead atoms. The molecule has 5 aromatic rings. The van der Waals surface area contributed by atoms with Crippen LogP contribution in [0.2, 0.25) is 0 Å². The predicted molar refractivity (Wildman–Crippen MR) is 212 cm³/mol. The molecule has 58 heavy (non-hydrogen) atoms. The summed E-state index contributed by atoms with van der Waals surface area (Å²) < 4.78 is 62.8. The quantitative estimate of drug-likeness (QED) is 0.0694. The Hall–Kier alpha value is -6.40. The van der Waals surface area contributed by atoms with Crippen LogP contribution in [0.1, 0.15) is 55.8 Å². The van der Waals surface area contributed by atoms with Gasteiger partial charge in [0.1, 0.15) is 17.5 Å². The number of nitrogens with two attached hydrogens (primary N) is 1. The third-order valence-corrected chi connectivity index (χ3v) is 12.7. The third-order valence-electron chi connectivity index (χ3n) is 9.84. The van der Waals surface area contributed by atoms with Crippen molar-refractivity contribution in [3.05, 3.63) is 137 Å². The molecule has 0 heterocycles. The molecule has 0 aromatic heterocycles. The molecular weight excluding hydrogens is 789 g/mol. The summed E-state index contributed by atoms with van der Waals surface area (Å²) >= 11 is 0. The molecule has 0 spiro atoms. The van der Waals surface area contributed by atoms with E-state index in [9.17, 15) is 36.0 Å². The molecule has 0 aliphatic heterocycles. The Morgan fingerprint density at radius 1 is 0.776 bits per heavy atom. The Labute approximate surface area is 333 Å². The molecule has 5 N–H and O–H groups in total. The molecular formula is C41H36N4O11S2. The van der Waals surface area contributed by atoms with E-state index in [0.717, 1.165) is 35.4 Å². The number of carbonyl (C=O) groups excluding carboxylic acids is 4. The van der Waals surface area contributed by atoms with Gasteiger partial charge in [-0.1, -0.05) is 78.9 Å². The van der Waals surface area contributed by atoms with E-state index >= 15 is 0 Å². The average Bonchev–Trinajstić information content (AvgIpc) is 3.53. The number of anilines is 3. The Morgan fingerprint density at radius 2 is 1.36 bits per heavy atom. The fraction of sp³-hybridized carbons (Fsp3) is 0.171. The Morgan fingerprint density at radius 3 is 1.98 bits per heavy atom. The van der Waals surface area contributed by atoms with Crippen LogP contribution in [0.3, 0.4) is 0 Å². The van der Waals surface area contributed by atoms with Gasteiger partial charge in [0.25, 0.3) is 0 Å². The molecule has 0 saturated heterocycles. The fourth-order valence-electron chi connectivity index (χ4n) is 7.11. The minimum absolute atomic E-state index is 0.0162.